The molecule has 0 aromatic carbocycles. The van der Waals surface area contributed by atoms with Crippen LogP contribution in [-0.4, -0.2) is 15.5 Å². The van der Waals surface area contributed by atoms with Crippen molar-refractivity contribution in [1.82, 2.24) is 3.11 Å². The summed E-state index contributed by atoms with van der Waals surface area (Å²) in [4.78, 5) is 0. The summed E-state index contributed by atoms with van der Waals surface area (Å²) in [6.07, 6.45) is 0. The van der Waals surface area contributed by atoms with Crippen molar-refractivity contribution in [3.8, 4) is 0 Å². The van der Waals surface area contributed by atoms with Crippen molar-refractivity contribution in [3.05, 3.63) is 0 Å². The first-order chi connectivity index (χ1) is 4.93. The largest absolute Gasteiger partial charge is 0.302 e. The van der Waals surface area contributed by atoms with Crippen LogP contribution >= 0.6 is 45.7 Å². The molecule has 4 heteroatoms. The highest BCUT2D eigenvalue weighted by molar-refractivity contribution is 14.1. The lowest BCUT2D eigenvalue weighted by Gasteiger charge is -2.26. The smallest absolute Gasteiger partial charge is 0.125 e. The van der Waals surface area contributed by atoms with Gasteiger partial charge in [0.1, 0.15) is 5.84 Å². The summed E-state index contributed by atoms with van der Waals surface area (Å²) in [5.41, 5.74) is 0.151. The average Bonchev–Trinajstić information content (AvgIpc) is 1.86. The zero-order valence-electron chi connectivity index (χ0n) is 7.36. The minimum Gasteiger partial charge on any atom is -0.302 e. The molecule has 0 saturated carbocycles. The molecule has 66 valence electrons. The molecule has 0 N–H and O–H groups in total. The van der Waals surface area contributed by atoms with Gasteiger partial charge in [-0.2, -0.15) is 0 Å². The second-order valence-electron chi connectivity index (χ2n) is 3.34. The SMILES string of the molecule is CCN(I)C(=NI)C(C)(C)C. The maximum Gasteiger partial charge on any atom is 0.125 e. The van der Waals surface area contributed by atoms with Crippen molar-refractivity contribution in [3.63, 3.8) is 0 Å². The van der Waals surface area contributed by atoms with E-state index in [9.17, 15) is 0 Å². The fraction of sp³-hybridized carbons (Fsp3) is 0.857. The van der Waals surface area contributed by atoms with Crippen LogP contribution in [0.15, 0.2) is 3.21 Å². The van der Waals surface area contributed by atoms with E-state index in [2.05, 4.69) is 79.7 Å². The molecule has 0 heterocycles. The van der Waals surface area contributed by atoms with E-state index in [1.807, 2.05) is 0 Å². The van der Waals surface area contributed by atoms with E-state index in [0.29, 0.717) is 0 Å². The molecule has 0 fully saturated rings. The average molecular weight is 380 g/mol. The predicted octanol–water partition coefficient (Wildman–Crippen LogP) is 3.45. The van der Waals surface area contributed by atoms with Gasteiger partial charge in [-0.25, -0.2) is 3.21 Å². The van der Waals surface area contributed by atoms with Crippen molar-refractivity contribution in [1.29, 1.82) is 0 Å². The fourth-order valence-electron chi connectivity index (χ4n) is 0.681. The number of rotatable bonds is 1. The third kappa shape index (κ3) is 3.91. The second-order valence-corrected chi connectivity index (χ2v) is 4.98. The molecular formula is C7H14I2N2. The van der Waals surface area contributed by atoms with Crippen molar-refractivity contribution in [2.45, 2.75) is 27.7 Å². The zero-order chi connectivity index (χ0) is 9.07. The summed E-state index contributed by atoms with van der Waals surface area (Å²) in [6.45, 7) is 9.64. The molecule has 0 aromatic rings. The Kier molecular flexibility index (Phi) is 5.24. The monoisotopic (exact) mass is 380 g/mol. The molecule has 0 radical (unpaired) electrons. The molecule has 0 atom stereocenters. The van der Waals surface area contributed by atoms with Gasteiger partial charge in [-0.3, -0.25) is 0 Å². The Morgan fingerprint density at radius 3 is 2.00 bits per heavy atom. The maximum absolute atomic E-state index is 4.24. The number of hydrogen-bond acceptors (Lipinski definition) is 1. The first kappa shape index (κ1) is 11.9. The molecule has 0 bridgehead atoms. The summed E-state index contributed by atoms with van der Waals surface area (Å²) in [6, 6.07) is 0. The molecular weight excluding hydrogens is 366 g/mol. The van der Waals surface area contributed by atoms with Gasteiger partial charge in [0.2, 0.25) is 0 Å². The van der Waals surface area contributed by atoms with Crippen LogP contribution in [0.3, 0.4) is 0 Å². The topological polar surface area (TPSA) is 15.6 Å². The predicted molar refractivity (Wildman–Crippen MR) is 67.3 cm³/mol. The van der Waals surface area contributed by atoms with Gasteiger partial charge in [0.05, 0.1) is 45.7 Å². The molecule has 0 aliphatic heterocycles. The van der Waals surface area contributed by atoms with Gasteiger partial charge < -0.3 is 3.11 Å². The summed E-state index contributed by atoms with van der Waals surface area (Å²) >= 11 is 4.35. The Bertz CT molecular complexity index is 149. The molecule has 0 rings (SSSR count). The Balaban J connectivity index is 4.44. The van der Waals surface area contributed by atoms with Gasteiger partial charge in [-0.1, -0.05) is 20.8 Å². The Hall–Kier alpha value is 0.930. The summed E-state index contributed by atoms with van der Waals surface area (Å²) in [5.74, 6) is 1.14. The molecule has 0 aliphatic rings. The number of halogens is 2. The Morgan fingerprint density at radius 2 is 1.91 bits per heavy atom. The lowest BCUT2D eigenvalue weighted by molar-refractivity contribution is 0.534. The minimum atomic E-state index is 0.151. The highest BCUT2D eigenvalue weighted by Crippen LogP contribution is 2.22. The molecule has 0 spiro atoms. The summed E-state index contributed by atoms with van der Waals surface area (Å²) < 4.78 is 6.38. The number of hydrogen-bond donors (Lipinski definition) is 0. The third-order valence-corrected chi connectivity index (χ3v) is 2.85. The van der Waals surface area contributed by atoms with Crippen LogP contribution in [0.5, 0.6) is 0 Å². The second kappa shape index (κ2) is 4.84. The number of amidine groups is 1. The van der Waals surface area contributed by atoms with Crippen LogP contribution in [0.4, 0.5) is 0 Å². The van der Waals surface area contributed by atoms with Gasteiger partial charge in [0, 0.05) is 12.0 Å². The molecule has 2 nitrogen and oxygen atoms in total. The Labute approximate surface area is 96.8 Å². The van der Waals surface area contributed by atoms with Crippen LogP contribution in [0.2, 0.25) is 0 Å². The van der Waals surface area contributed by atoms with E-state index >= 15 is 0 Å². The van der Waals surface area contributed by atoms with Gasteiger partial charge >= 0.3 is 0 Å². The summed E-state index contributed by atoms with van der Waals surface area (Å²) in [5, 5.41) is 0. The van der Waals surface area contributed by atoms with Crippen LogP contribution in [-0.2, 0) is 0 Å². The van der Waals surface area contributed by atoms with Crippen LogP contribution < -0.4 is 0 Å². The van der Waals surface area contributed by atoms with E-state index in [1.165, 1.54) is 0 Å². The minimum absolute atomic E-state index is 0.151. The van der Waals surface area contributed by atoms with Crippen molar-refractivity contribution < 1.29 is 0 Å². The normalized spacial score (nSPS) is 13.5. The molecule has 0 aliphatic carbocycles. The standard InChI is InChI=1S/C7H14I2N2/c1-5-11(9)6(10-8)7(2,3)4/h5H2,1-4H3. The van der Waals surface area contributed by atoms with Crippen molar-refractivity contribution in [2.24, 2.45) is 8.62 Å². The molecule has 11 heavy (non-hydrogen) atoms. The zero-order valence-corrected chi connectivity index (χ0v) is 11.7. The molecule has 0 amide bonds. The quantitative estimate of drug-likeness (QED) is 0.295. The van der Waals surface area contributed by atoms with Gasteiger partial charge in [-0.05, 0) is 6.92 Å². The van der Waals surface area contributed by atoms with E-state index < -0.39 is 0 Å². The Morgan fingerprint density at radius 1 is 1.45 bits per heavy atom. The van der Waals surface area contributed by atoms with Crippen molar-refractivity contribution >= 4 is 51.6 Å². The third-order valence-electron chi connectivity index (χ3n) is 1.26. The maximum atomic E-state index is 4.24. The number of nitrogens with zero attached hydrogens (tertiary/aromatic N) is 2. The summed E-state index contributed by atoms with van der Waals surface area (Å²) in [7, 11) is 0. The first-order valence-corrected chi connectivity index (χ1v) is 5.49. The van der Waals surface area contributed by atoms with E-state index in [0.717, 1.165) is 12.4 Å². The fourth-order valence-corrected chi connectivity index (χ4v) is 2.91. The molecule has 0 saturated heterocycles. The lowest BCUT2D eigenvalue weighted by atomic mass is 9.95. The van der Waals surface area contributed by atoms with Crippen LogP contribution in [0, 0.1) is 5.41 Å². The lowest BCUT2D eigenvalue weighted by Crippen LogP contribution is -2.32. The van der Waals surface area contributed by atoms with E-state index in [1.54, 1.807) is 0 Å². The van der Waals surface area contributed by atoms with E-state index in [4.69, 9.17) is 0 Å². The highest BCUT2D eigenvalue weighted by Gasteiger charge is 2.22. The van der Waals surface area contributed by atoms with Gasteiger partial charge in [0.15, 0.2) is 0 Å². The van der Waals surface area contributed by atoms with E-state index in [-0.39, 0.29) is 5.41 Å². The van der Waals surface area contributed by atoms with Gasteiger partial charge in [-0.15, -0.1) is 0 Å². The van der Waals surface area contributed by atoms with Gasteiger partial charge in [0.25, 0.3) is 0 Å². The van der Waals surface area contributed by atoms with Crippen LogP contribution in [0.25, 0.3) is 0 Å². The molecule has 0 aromatic heterocycles. The van der Waals surface area contributed by atoms with Crippen molar-refractivity contribution in [2.75, 3.05) is 6.54 Å². The first-order valence-electron chi connectivity index (χ1n) is 3.56. The molecule has 0 unspecified atom stereocenters. The van der Waals surface area contributed by atoms with Crippen LogP contribution in [0.1, 0.15) is 27.7 Å². The highest BCUT2D eigenvalue weighted by atomic mass is 127.